The third-order valence-electron chi connectivity index (χ3n) is 3.96. The van der Waals surface area contributed by atoms with E-state index in [1.54, 1.807) is 6.92 Å². The normalized spacial score (nSPS) is 20.8. The highest BCUT2D eigenvalue weighted by atomic mass is 32.2. The summed E-state index contributed by atoms with van der Waals surface area (Å²) < 4.78 is 24.7. The van der Waals surface area contributed by atoms with Gasteiger partial charge in [0.05, 0.1) is 9.64 Å². The molecule has 0 bridgehead atoms. The van der Waals surface area contributed by atoms with E-state index < -0.39 is 14.6 Å². The monoisotopic (exact) mass is 269 g/mol. The average Bonchev–Trinajstić information content (AvgIpc) is 2.80. The van der Waals surface area contributed by atoms with Gasteiger partial charge in [0.25, 0.3) is 0 Å². The average molecular weight is 269 g/mol. The first-order valence-corrected chi connectivity index (χ1v) is 7.68. The standard InChI is InChI=1S/C13H19NO3S/c1-10(14)13(8-2-3-9-13)18(16,17)12-6-4-11(15)5-7-12/h4-7,10,15H,2-3,8-9,14H2,1H3. The van der Waals surface area contributed by atoms with Gasteiger partial charge >= 0.3 is 0 Å². The van der Waals surface area contributed by atoms with Gasteiger partial charge in [-0.3, -0.25) is 0 Å². The van der Waals surface area contributed by atoms with Gasteiger partial charge in [-0.2, -0.15) is 0 Å². The van der Waals surface area contributed by atoms with E-state index in [2.05, 4.69) is 0 Å². The number of rotatable bonds is 3. The van der Waals surface area contributed by atoms with E-state index in [1.807, 2.05) is 0 Å². The maximum absolute atomic E-state index is 12.7. The molecule has 1 aromatic carbocycles. The largest absolute Gasteiger partial charge is 0.508 e. The predicted molar refractivity (Wildman–Crippen MR) is 70.1 cm³/mol. The molecule has 18 heavy (non-hydrogen) atoms. The summed E-state index contributed by atoms with van der Waals surface area (Å²) in [7, 11) is -3.45. The van der Waals surface area contributed by atoms with Crippen LogP contribution in [0.15, 0.2) is 29.2 Å². The molecule has 5 heteroatoms. The molecular weight excluding hydrogens is 250 g/mol. The summed E-state index contributed by atoms with van der Waals surface area (Å²) in [4.78, 5) is 0.250. The third-order valence-corrected chi connectivity index (χ3v) is 6.71. The van der Waals surface area contributed by atoms with Gasteiger partial charge in [-0.15, -0.1) is 0 Å². The minimum absolute atomic E-state index is 0.0650. The molecule has 1 aliphatic rings. The first kappa shape index (κ1) is 13.4. The zero-order valence-corrected chi connectivity index (χ0v) is 11.3. The molecule has 1 aromatic rings. The van der Waals surface area contributed by atoms with Crippen LogP contribution in [0.1, 0.15) is 32.6 Å². The molecule has 1 aliphatic carbocycles. The summed E-state index contributed by atoms with van der Waals surface area (Å²) in [5.41, 5.74) is 5.96. The van der Waals surface area contributed by atoms with Crippen LogP contribution in [0.3, 0.4) is 0 Å². The van der Waals surface area contributed by atoms with Crippen molar-refractivity contribution >= 4 is 9.84 Å². The Hall–Kier alpha value is -1.07. The number of sulfone groups is 1. The zero-order valence-electron chi connectivity index (χ0n) is 10.5. The van der Waals surface area contributed by atoms with Crippen molar-refractivity contribution in [3.63, 3.8) is 0 Å². The number of phenolic OH excluding ortho intramolecular Hbond substituents is 1. The SMILES string of the molecule is CC(N)C1(S(=O)(=O)c2ccc(O)cc2)CCCC1. The molecule has 1 saturated carbocycles. The van der Waals surface area contributed by atoms with Crippen LogP contribution in [-0.4, -0.2) is 24.3 Å². The molecule has 100 valence electrons. The molecular formula is C13H19NO3S. The van der Waals surface area contributed by atoms with Crippen molar-refractivity contribution < 1.29 is 13.5 Å². The van der Waals surface area contributed by atoms with Crippen LogP contribution in [-0.2, 0) is 9.84 Å². The number of aromatic hydroxyl groups is 1. The van der Waals surface area contributed by atoms with Crippen LogP contribution in [0, 0.1) is 0 Å². The quantitative estimate of drug-likeness (QED) is 0.877. The van der Waals surface area contributed by atoms with E-state index >= 15 is 0 Å². The van der Waals surface area contributed by atoms with Gasteiger partial charge in [0.2, 0.25) is 0 Å². The van der Waals surface area contributed by atoms with Crippen LogP contribution < -0.4 is 5.73 Å². The van der Waals surface area contributed by atoms with Crippen LogP contribution in [0.2, 0.25) is 0 Å². The summed E-state index contributed by atoms with van der Waals surface area (Å²) in [6, 6.07) is 5.31. The van der Waals surface area contributed by atoms with E-state index in [-0.39, 0.29) is 16.7 Å². The molecule has 1 fully saturated rings. The Bertz CT molecular complexity index is 514. The maximum atomic E-state index is 12.7. The van der Waals surface area contributed by atoms with Crippen molar-refractivity contribution in [3.8, 4) is 5.75 Å². The molecule has 3 N–H and O–H groups in total. The molecule has 0 radical (unpaired) electrons. The zero-order chi connectivity index (χ0) is 13.4. The number of benzene rings is 1. The maximum Gasteiger partial charge on any atom is 0.185 e. The van der Waals surface area contributed by atoms with Crippen molar-refractivity contribution in [2.45, 2.75) is 48.3 Å². The van der Waals surface area contributed by atoms with Crippen LogP contribution in [0.4, 0.5) is 0 Å². The highest BCUT2D eigenvalue weighted by Crippen LogP contribution is 2.42. The highest BCUT2D eigenvalue weighted by molar-refractivity contribution is 7.93. The Morgan fingerprint density at radius 2 is 1.72 bits per heavy atom. The lowest BCUT2D eigenvalue weighted by atomic mass is 9.99. The number of hydrogen-bond acceptors (Lipinski definition) is 4. The second kappa shape index (κ2) is 4.55. The molecule has 0 spiro atoms. The van der Waals surface area contributed by atoms with E-state index in [1.165, 1.54) is 24.3 Å². The molecule has 1 atom stereocenters. The molecule has 0 aliphatic heterocycles. The van der Waals surface area contributed by atoms with Gasteiger partial charge in [-0.05, 0) is 44.0 Å². The first-order valence-electron chi connectivity index (χ1n) is 6.19. The summed E-state index contributed by atoms with van der Waals surface area (Å²) in [6.45, 7) is 1.77. The summed E-state index contributed by atoms with van der Waals surface area (Å²) in [5.74, 6) is 0.0650. The molecule has 0 aromatic heterocycles. The van der Waals surface area contributed by atoms with Gasteiger partial charge in [0.1, 0.15) is 5.75 Å². The molecule has 2 rings (SSSR count). The lowest BCUT2D eigenvalue weighted by molar-refractivity contribution is 0.454. The van der Waals surface area contributed by atoms with Gasteiger partial charge in [0, 0.05) is 6.04 Å². The van der Waals surface area contributed by atoms with Crippen LogP contribution >= 0.6 is 0 Å². The van der Waals surface area contributed by atoms with E-state index in [0.29, 0.717) is 12.8 Å². The molecule has 0 heterocycles. The number of nitrogens with two attached hydrogens (primary N) is 1. The number of phenols is 1. The first-order chi connectivity index (χ1) is 8.40. The van der Waals surface area contributed by atoms with Crippen molar-refractivity contribution in [1.82, 2.24) is 0 Å². The summed E-state index contributed by atoms with van der Waals surface area (Å²) in [5, 5.41) is 9.24. The predicted octanol–water partition coefficient (Wildman–Crippen LogP) is 1.83. The lowest BCUT2D eigenvalue weighted by Gasteiger charge is -2.32. The van der Waals surface area contributed by atoms with Gasteiger partial charge < -0.3 is 10.8 Å². The fourth-order valence-corrected chi connectivity index (χ4v) is 5.08. The fraction of sp³-hybridized carbons (Fsp3) is 0.538. The molecule has 1 unspecified atom stereocenters. The van der Waals surface area contributed by atoms with Gasteiger partial charge in [0.15, 0.2) is 9.84 Å². The van der Waals surface area contributed by atoms with Crippen molar-refractivity contribution in [3.05, 3.63) is 24.3 Å². The Kier molecular flexibility index (Phi) is 3.38. The van der Waals surface area contributed by atoms with E-state index in [4.69, 9.17) is 5.73 Å². The Labute approximate surface area is 108 Å². The highest BCUT2D eigenvalue weighted by Gasteiger charge is 2.49. The topological polar surface area (TPSA) is 80.4 Å². The summed E-state index contributed by atoms with van der Waals surface area (Å²) in [6.07, 6.45) is 3.04. The Morgan fingerprint density at radius 1 is 1.22 bits per heavy atom. The number of hydrogen-bond donors (Lipinski definition) is 2. The van der Waals surface area contributed by atoms with Crippen LogP contribution in [0.25, 0.3) is 0 Å². The smallest absolute Gasteiger partial charge is 0.185 e. The van der Waals surface area contributed by atoms with E-state index in [0.717, 1.165) is 12.8 Å². The van der Waals surface area contributed by atoms with Gasteiger partial charge in [-0.1, -0.05) is 12.8 Å². The molecule has 4 nitrogen and oxygen atoms in total. The lowest BCUT2D eigenvalue weighted by Crippen LogP contribution is -2.50. The van der Waals surface area contributed by atoms with Crippen LogP contribution in [0.5, 0.6) is 5.75 Å². The minimum Gasteiger partial charge on any atom is -0.508 e. The summed E-state index contributed by atoms with van der Waals surface area (Å²) >= 11 is 0. The van der Waals surface area contributed by atoms with E-state index in [9.17, 15) is 13.5 Å². The second-order valence-corrected chi connectivity index (χ2v) is 7.35. The molecule has 0 saturated heterocycles. The fourth-order valence-electron chi connectivity index (χ4n) is 2.80. The third kappa shape index (κ3) is 1.91. The Balaban J connectivity index is 2.50. The second-order valence-electron chi connectivity index (χ2n) is 5.06. The minimum atomic E-state index is -3.45. The van der Waals surface area contributed by atoms with Gasteiger partial charge in [-0.25, -0.2) is 8.42 Å². The molecule has 0 amide bonds. The van der Waals surface area contributed by atoms with Crippen molar-refractivity contribution in [2.24, 2.45) is 5.73 Å². The van der Waals surface area contributed by atoms with Crippen molar-refractivity contribution in [2.75, 3.05) is 0 Å². The Morgan fingerprint density at radius 3 is 2.17 bits per heavy atom. The van der Waals surface area contributed by atoms with Crippen molar-refractivity contribution in [1.29, 1.82) is 0 Å².